The van der Waals surface area contributed by atoms with Crippen LogP contribution in [-0.2, 0) is 5.41 Å². The summed E-state index contributed by atoms with van der Waals surface area (Å²) < 4.78 is 0. The normalized spacial score (nSPS) is 13.8. The highest BCUT2D eigenvalue weighted by atomic mass is 14.5. The van der Waals surface area contributed by atoms with E-state index in [1.807, 2.05) is 0 Å². The van der Waals surface area contributed by atoms with E-state index in [1.165, 1.54) is 44.2 Å². The van der Waals surface area contributed by atoms with Gasteiger partial charge in [-0.25, -0.2) is 0 Å². The Hall–Kier alpha value is -3.64. The molecule has 0 radical (unpaired) electrons. The first-order chi connectivity index (χ1) is 14.4. The molecular weight excluding hydrogens is 348 g/mol. The first-order valence-corrected chi connectivity index (χ1v) is 10.1. The van der Waals surface area contributed by atoms with Gasteiger partial charge in [0.25, 0.3) is 0 Å². The van der Waals surface area contributed by atoms with Crippen molar-refractivity contribution in [3.05, 3.63) is 144 Å². The van der Waals surface area contributed by atoms with Crippen molar-refractivity contribution in [1.29, 1.82) is 0 Å². The average molecular weight is 368 g/mol. The second kappa shape index (κ2) is 6.18. The minimum Gasteiger partial charge on any atom is -0.0622 e. The molecule has 6 rings (SSSR count). The third-order valence-electron chi connectivity index (χ3n) is 6.35. The lowest BCUT2D eigenvalue weighted by atomic mass is 9.66. The van der Waals surface area contributed by atoms with Crippen LogP contribution in [0.2, 0.25) is 0 Å². The van der Waals surface area contributed by atoms with Gasteiger partial charge in [-0.3, -0.25) is 0 Å². The monoisotopic (exact) mass is 368 g/mol. The zero-order valence-corrected chi connectivity index (χ0v) is 16.0. The van der Waals surface area contributed by atoms with Crippen molar-refractivity contribution in [2.75, 3.05) is 0 Å². The van der Waals surface area contributed by atoms with E-state index in [2.05, 4.69) is 121 Å². The van der Waals surface area contributed by atoms with Gasteiger partial charge < -0.3 is 0 Å². The van der Waals surface area contributed by atoms with Crippen molar-refractivity contribution < 1.29 is 0 Å². The molecule has 0 saturated carbocycles. The molecule has 0 spiro atoms. The maximum Gasteiger partial charge on any atom is 0.0719 e. The standard InChI is InChI=1S/C29H20/c1-2-13-22(14-3-1)29(26-20-10-12-21-11-4-5-15-23(21)26)27-18-8-6-16-24(27)25-17-7-9-19-28(25)29/h1-20H. The highest BCUT2D eigenvalue weighted by Crippen LogP contribution is 2.56. The molecule has 0 aliphatic heterocycles. The van der Waals surface area contributed by atoms with Gasteiger partial charge in [-0.2, -0.15) is 0 Å². The zero-order chi connectivity index (χ0) is 19.3. The van der Waals surface area contributed by atoms with Crippen LogP contribution < -0.4 is 0 Å². The third-order valence-corrected chi connectivity index (χ3v) is 6.35. The quantitative estimate of drug-likeness (QED) is 0.303. The van der Waals surface area contributed by atoms with Gasteiger partial charge in [-0.05, 0) is 44.2 Å². The van der Waals surface area contributed by atoms with Crippen LogP contribution in [0.4, 0.5) is 0 Å². The summed E-state index contributed by atoms with van der Waals surface area (Å²) in [5, 5.41) is 2.59. The van der Waals surface area contributed by atoms with Crippen LogP contribution in [0, 0.1) is 0 Å². The highest BCUT2D eigenvalue weighted by Gasteiger charge is 2.46. The second-order valence-electron chi connectivity index (χ2n) is 7.73. The number of hydrogen-bond acceptors (Lipinski definition) is 0. The zero-order valence-electron chi connectivity index (χ0n) is 16.0. The van der Waals surface area contributed by atoms with Crippen molar-refractivity contribution in [2.24, 2.45) is 0 Å². The van der Waals surface area contributed by atoms with Gasteiger partial charge in [0.1, 0.15) is 0 Å². The molecular formula is C29H20. The first kappa shape index (κ1) is 16.3. The van der Waals surface area contributed by atoms with Gasteiger partial charge >= 0.3 is 0 Å². The molecule has 0 amide bonds. The van der Waals surface area contributed by atoms with E-state index < -0.39 is 0 Å². The minimum absolute atomic E-state index is 0.324. The summed E-state index contributed by atoms with van der Waals surface area (Å²) in [4.78, 5) is 0. The number of rotatable bonds is 2. The molecule has 0 nitrogen and oxygen atoms in total. The number of fused-ring (bicyclic) bond motifs is 4. The molecule has 0 bridgehead atoms. The molecule has 29 heavy (non-hydrogen) atoms. The molecule has 0 aromatic heterocycles. The van der Waals surface area contributed by atoms with E-state index >= 15 is 0 Å². The van der Waals surface area contributed by atoms with Crippen LogP contribution >= 0.6 is 0 Å². The van der Waals surface area contributed by atoms with E-state index in [9.17, 15) is 0 Å². The fraction of sp³-hybridized carbons (Fsp3) is 0.0345. The largest absolute Gasteiger partial charge is 0.0719 e. The Morgan fingerprint density at radius 2 is 0.897 bits per heavy atom. The van der Waals surface area contributed by atoms with E-state index in [0.29, 0.717) is 0 Å². The SMILES string of the molecule is c1ccc(C2(c3cccc4ccccc34)c3ccccc3-c3ccccc32)cc1. The van der Waals surface area contributed by atoms with Crippen molar-refractivity contribution in [3.8, 4) is 11.1 Å². The fourth-order valence-electron chi connectivity index (χ4n) is 5.23. The van der Waals surface area contributed by atoms with E-state index in [4.69, 9.17) is 0 Å². The summed E-state index contributed by atoms with van der Waals surface area (Å²) in [5.41, 5.74) is 7.73. The summed E-state index contributed by atoms with van der Waals surface area (Å²) in [5.74, 6) is 0. The summed E-state index contributed by atoms with van der Waals surface area (Å²) in [6, 6.07) is 44.3. The van der Waals surface area contributed by atoms with Gasteiger partial charge in [0, 0.05) is 0 Å². The Labute approximate surface area is 171 Å². The molecule has 136 valence electrons. The topological polar surface area (TPSA) is 0 Å². The molecule has 0 saturated heterocycles. The van der Waals surface area contributed by atoms with Gasteiger partial charge in [0.15, 0.2) is 0 Å². The van der Waals surface area contributed by atoms with Crippen molar-refractivity contribution >= 4 is 10.8 Å². The Morgan fingerprint density at radius 3 is 1.62 bits per heavy atom. The maximum absolute atomic E-state index is 2.31. The molecule has 5 aromatic rings. The van der Waals surface area contributed by atoms with Crippen LogP contribution in [0.3, 0.4) is 0 Å². The summed E-state index contributed by atoms with van der Waals surface area (Å²) in [6.07, 6.45) is 0. The fourth-order valence-corrected chi connectivity index (χ4v) is 5.23. The summed E-state index contributed by atoms with van der Waals surface area (Å²) in [6.45, 7) is 0. The smallest absolute Gasteiger partial charge is 0.0622 e. The molecule has 5 aromatic carbocycles. The molecule has 1 aliphatic rings. The molecule has 0 heterocycles. The Kier molecular flexibility index (Phi) is 3.48. The minimum atomic E-state index is -0.324. The van der Waals surface area contributed by atoms with E-state index in [1.54, 1.807) is 0 Å². The van der Waals surface area contributed by atoms with Crippen LogP contribution in [0.25, 0.3) is 21.9 Å². The average Bonchev–Trinajstić information content (AvgIpc) is 3.11. The van der Waals surface area contributed by atoms with E-state index in [0.717, 1.165) is 0 Å². The van der Waals surface area contributed by atoms with Crippen LogP contribution in [0.5, 0.6) is 0 Å². The molecule has 0 atom stereocenters. The lowest BCUT2D eigenvalue weighted by Gasteiger charge is -2.34. The van der Waals surface area contributed by atoms with Crippen LogP contribution in [0.1, 0.15) is 22.3 Å². The Morgan fingerprint density at radius 1 is 0.379 bits per heavy atom. The third kappa shape index (κ3) is 2.14. The maximum atomic E-state index is 2.31. The molecule has 0 fully saturated rings. The lowest BCUT2D eigenvalue weighted by Crippen LogP contribution is -2.28. The molecule has 0 heteroatoms. The van der Waals surface area contributed by atoms with Crippen LogP contribution in [0.15, 0.2) is 121 Å². The highest BCUT2D eigenvalue weighted by molar-refractivity contribution is 5.94. The Bertz CT molecular complexity index is 1290. The van der Waals surface area contributed by atoms with Gasteiger partial charge in [-0.15, -0.1) is 0 Å². The second-order valence-corrected chi connectivity index (χ2v) is 7.73. The predicted octanol–water partition coefficient (Wildman–Crippen LogP) is 7.20. The summed E-state index contributed by atoms with van der Waals surface area (Å²) in [7, 11) is 0. The van der Waals surface area contributed by atoms with Gasteiger partial charge in [0.2, 0.25) is 0 Å². The summed E-state index contributed by atoms with van der Waals surface area (Å²) >= 11 is 0. The van der Waals surface area contributed by atoms with Gasteiger partial charge in [0.05, 0.1) is 5.41 Å². The molecule has 0 N–H and O–H groups in total. The molecule has 1 aliphatic carbocycles. The Balaban J connectivity index is 1.86. The van der Waals surface area contributed by atoms with Crippen molar-refractivity contribution in [3.63, 3.8) is 0 Å². The number of benzene rings is 5. The lowest BCUT2D eigenvalue weighted by molar-refractivity contribution is 0.776. The van der Waals surface area contributed by atoms with Crippen molar-refractivity contribution in [1.82, 2.24) is 0 Å². The number of hydrogen-bond donors (Lipinski definition) is 0. The van der Waals surface area contributed by atoms with E-state index in [-0.39, 0.29) is 5.41 Å². The molecule has 0 unspecified atom stereocenters. The van der Waals surface area contributed by atoms with Gasteiger partial charge in [-0.1, -0.05) is 121 Å². The first-order valence-electron chi connectivity index (χ1n) is 10.1. The van der Waals surface area contributed by atoms with Crippen molar-refractivity contribution in [2.45, 2.75) is 5.41 Å². The predicted molar refractivity (Wildman–Crippen MR) is 121 cm³/mol. The van der Waals surface area contributed by atoms with Crippen LogP contribution in [-0.4, -0.2) is 0 Å².